The third-order valence-electron chi connectivity index (χ3n) is 3.29. The van der Waals surface area contributed by atoms with E-state index in [1.807, 2.05) is 0 Å². The van der Waals surface area contributed by atoms with Gasteiger partial charge in [0.05, 0.1) is 22.1 Å². The van der Waals surface area contributed by atoms with Crippen LogP contribution in [0.15, 0.2) is 51.3 Å². The Hall–Kier alpha value is -2.57. The van der Waals surface area contributed by atoms with Crippen LogP contribution >= 0.6 is 39.0 Å². The number of anilines is 3. The lowest BCUT2D eigenvalue weighted by Crippen LogP contribution is -2.14. The van der Waals surface area contributed by atoms with Gasteiger partial charge >= 0.3 is 0 Å². The summed E-state index contributed by atoms with van der Waals surface area (Å²) < 4.78 is 14.6. The van der Waals surface area contributed by atoms with E-state index in [4.69, 9.17) is 0 Å². The van der Waals surface area contributed by atoms with E-state index in [2.05, 4.69) is 36.8 Å². The molecule has 0 bridgehead atoms. The first-order chi connectivity index (χ1) is 13.4. The predicted octanol–water partition coefficient (Wildman–Crippen LogP) is 4.82. The van der Waals surface area contributed by atoms with Crippen molar-refractivity contribution < 1.29 is 14.1 Å². The van der Waals surface area contributed by atoms with Gasteiger partial charge in [-0.25, -0.2) is 4.39 Å². The number of hydrogen-bond donors (Lipinski definition) is 2. The average Bonchev–Trinajstić information content (AvgIpc) is 3.11. The molecule has 3 rings (SSSR count). The Morgan fingerprint density at radius 3 is 2.75 bits per heavy atom. The van der Waals surface area contributed by atoms with Crippen LogP contribution in [-0.4, -0.2) is 26.8 Å². The number of amides is 1. The maximum atomic E-state index is 13.6. The molecule has 0 aliphatic rings. The molecule has 1 aromatic heterocycles. The molecule has 0 unspecified atom stereocenters. The molecule has 28 heavy (non-hydrogen) atoms. The summed E-state index contributed by atoms with van der Waals surface area (Å²) >= 11 is 5.56. The number of thioether (sulfide) groups is 1. The summed E-state index contributed by atoms with van der Waals surface area (Å²) in [7, 11) is 0. The highest BCUT2D eigenvalue weighted by molar-refractivity contribution is 9.10. The molecule has 0 spiro atoms. The van der Waals surface area contributed by atoms with E-state index in [1.165, 1.54) is 47.4 Å². The topological polar surface area (TPSA) is 110 Å². The Labute approximate surface area is 174 Å². The zero-order chi connectivity index (χ0) is 20.1. The second-order valence-corrected chi connectivity index (χ2v) is 8.29. The van der Waals surface area contributed by atoms with Gasteiger partial charge in [0.25, 0.3) is 5.69 Å². The maximum Gasteiger partial charge on any atom is 0.270 e. The van der Waals surface area contributed by atoms with Crippen LogP contribution in [0.5, 0.6) is 0 Å². The molecule has 0 atom stereocenters. The number of nitrogens with zero attached hydrogens (tertiary/aromatic N) is 3. The van der Waals surface area contributed by atoms with Crippen LogP contribution in [-0.2, 0) is 4.79 Å². The van der Waals surface area contributed by atoms with Crippen molar-refractivity contribution in [2.45, 2.75) is 4.34 Å². The van der Waals surface area contributed by atoms with Crippen molar-refractivity contribution in [1.82, 2.24) is 10.2 Å². The molecule has 8 nitrogen and oxygen atoms in total. The number of nitro benzene ring substituents is 1. The predicted molar refractivity (Wildman–Crippen MR) is 110 cm³/mol. The summed E-state index contributed by atoms with van der Waals surface area (Å²) in [4.78, 5) is 22.3. The van der Waals surface area contributed by atoms with Gasteiger partial charge in [-0.15, -0.1) is 10.2 Å². The largest absolute Gasteiger partial charge is 0.328 e. The molecule has 0 saturated heterocycles. The number of nitro groups is 1. The molecule has 0 saturated carbocycles. The molecule has 144 valence electrons. The number of halogens is 2. The lowest BCUT2D eigenvalue weighted by molar-refractivity contribution is -0.384. The Balaban J connectivity index is 1.55. The lowest BCUT2D eigenvalue weighted by atomic mass is 10.3. The summed E-state index contributed by atoms with van der Waals surface area (Å²) in [5.74, 6) is -0.643. The third-order valence-corrected chi connectivity index (χ3v) is 5.91. The number of non-ortho nitro benzene ring substituents is 1. The van der Waals surface area contributed by atoms with Gasteiger partial charge in [0.1, 0.15) is 5.82 Å². The molecule has 1 heterocycles. The molecule has 0 aliphatic heterocycles. The van der Waals surface area contributed by atoms with Gasteiger partial charge in [-0.3, -0.25) is 14.9 Å². The number of aromatic nitrogens is 2. The van der Waals surface area contributed by atoms with Crippen LogP contribution in [0.1, 0.15) is 0 Å². The molecule has 0 fully saturated rings. The first kappa shape index (κ1) is 20.2. The van der Waals surface area contributed by atoms with E-state index in [0.29, 0.717) is 19.6 Å². The van der Waals surface area contributed by atoms with E-state index in [1.54, 1.807) is 18.2 Å². The van der Waals surface area contributed by atoms with Gasteiger partial charge < -0.3 is 10.6 Å². The van der Waals surface area contributed by atoms with Gasteiger partial charge in [-0.05, 0) is 34.1 Å². The van der Waals surface area contributed by atoms with Crippen LogP contribution in [0.3, 0.4) is 0 Å². The van der Waals surface area contributed by atoms with Crippen molar-refractivity contribution in [2.24, 2.45) is 0 Å². The number of nitrogens with one attached hydrogen (secondary N) is 2. The van der Waals surface area contributed by atoms with Gasteiger partial charge in [0.2, 0.25) is 11.0 Å². The van der Waals surface area contributed by atoms with Crippen molar-refractivity contribution in [2.75, 3.05) is 16.4 Å². The van der Waals surface area contributed by atoms with E-state index in [9.17, 15) is 19.3 Å². The Morgan fingerprint density at radius 1 is 1.25 bits per heavy atom. The standard InChI is InChI=1S/C16H11BrFN5O3S2/c17-10-7-9(23(25)26)5-6-12(10)19-14(24)8-27-16-22-21-15(28-16)20-13-4-2-1-3-11(13)18/h1-7H,8H2,(H,19,24)(H,20,21). The molecule has 2 aromatic carbocycles. The minimum absolute atomic E-state index is 0.0672. The second-order valence-electron chi connectivity index (χ2n) is 5.24. The highest BCUT2D eigenvalue weighted by Gasteiger charge is 2.13. The summed E-state index contributed by atoms with van der Waals surface area (Å²) in [6, 6.07) is 10.3. The molecule has 2 N–H and O–H groups in total. The number of rotatable bonds is 7. The minimum atomic E-state index is -0.519. The van der Waals surface area contributed by atoms with Crippen molar-refractivity contribution in [1.29, 1.82) is 0 Å². The molecule has 1 amide bonds. The van der Waals surface area contributed by atoms with Crippen LogP contribution in [0.2, 0.25) is 0 Å². The molecule has 12 heteroatoms. The number of para-hydroxylation sites is 1. The van der Waals surface area contributed by atoms with E-state index in [-0.39, 0.29) is 23.0 Å². The summed E-state index contributed by atoms with van der Waals surface area (Å²) in [5.41, 5.74) is 0.634. The fourth-order valence-corrected chi connectivity index (χ4v) is 4.06. The SMILES string of the molecule is O=C(CSc1nnc(Nc2ccccc2F)s1)Nc1ccc([N+](=O)[O-])cc1Br. The van der Waals surface area contributed by atoms with Crippen molar-refractivity contribution in [3.63, 3.8) is 0 Å². The molecular weight excluding hydrogens is 473 g/mol. The van der Waals surface area contributed by atoms with Crippen molar-refractivity contribution in [3.8, 4) is 0 Å². The lowest BCUT2D eigenvalue weighted by Gasteiger charge is -2.06. The van der Waals surface area contributed by atoms with Gasteiger partial charge in [0, 0.05) is 16.6 Å². The zero-order valence-corrected chi connectivity index (χ0v) is 17.1. The number of carbonyl (C=O) groups is 1. The first-order valence-electron chi connectivity index (χ1n) is 7.64. The summed E-state index contributed by atoms with van der Waals surface area (Å²) in [5, 5.41) is 24.5. The molecular formula is C16H11BrFN5O3S2. The fourth-order valence-electron chi connectivity index (χ4n) is 2.03. The summed E-state index contributed by atoms with van der Waals surface area (Å²) in [6.45, 7) is 0. The van der Waals surface area contributed by atoms with Crippen LogP contribution in [0.4, 0.5) is 26.6 Å². The number of benzene rings is 2. The zero-order valence-electron chi connectivity index (χ0n) is 13.9. The third kappa shape index (κ3) is 5.24. The number of hydrogen-bond acceptors (Lipinski definition) is 8. The van der Waals surface area contributed by atoms with Crippen LogP contribution in [0.25, 0.3) is 0 Å². The normalized spacial score (nSPS) is 10.5. The molecule has 0 aliphatic carbocycles. The Morgan fingerprint density at radius 2 is 2.04 bits per heavy atom. The van der Waals surface area contributed by atoms with Gasteiger partial charge in [-0.1, -0.05) is 35.2 Å². The van der Waals surface area contributed by atoms with E-state index in [0.717, 1.165) is 0 Å². The average molecular weight is 484 g/mol. The Kier molecular flexibility index (Phi) is 6.54. The van der Waals surface area contributed by atoms with E-state index < -0.39 is 10.7 Å². The van der Waals surface area contributed by atoms with Crippen LogP contribution in [0, 0.1) is 15.9 Å². The van der Waals surface area contributed by atoms with Gasteiger partial charge in [0.15, 0.2) is 4.34 Å². The maximum absolute atomic E-state index is 13.6. The minimum Gasteiger partial charge on any atom is -0.328 e. The smallest absolute Gasteiger partial charge is 0.270 e. The first-order valence-corrected chi connectivity index (χ1v) is 10.2. The Bertz CT molecular complexity index is 1030. The van der Waals surface area contributed by atoms with Crippen LogP contribution < -0.4 is 10.6 Å². The number of carbonyl (C=O) groups excluding carboxylic acids is 1. The second kappa shape index (κ2) is 9.08. The molecule has 3 aromatic rings. The van der Waals surface area contributed by atoms with Crippen molar-refractivity contribution >= 4 is 67.1 Å². The summed E-state index contributed by atoms with van der Waals surface area (Å²) in [6.07, 6.45) is 0. The van der Waals surface area contributed by atoms with E-state index >= 15 is 0 Å². The monoisotopic (exact) mass is 483 g/mol. The van der Waals surface area contributed by atoms with Gasteiger partial charge in [-0.2, -0.15) is 0 Å². The highest BCUT2D eigenvalue weighted by Crippen LogP contribution is 2.30. The molecule has 0 radical (unpaired) electrons. The fraction of sp³-hybridized carbons (Fsp3) is 0.0625. The van der Waals surface area contributed by atoms with Crippen molar-refractivity contribution in [3.05, 3.63) is 62.9 Å². The quantitative estimate of drug-likeness (QED) is 0.281. The highest BCUT2D eigenvalue weighted by atomic mass is 79.9.